The second-order valence-corrected chi connectivity index (χ2v) is 5.93. The third-order valence-corrected chi connectivity index (χ3v) is 3.76. The van der Waals surface area contributed by atoms with Gasteiger partial charge in [-0.3, -0.25) is 0 Å². The number of benzene rings is 1. The zero-order valence-corrected chi connectivity index (χ0v) is 12.9. The molecule has 0 bridgehead atoms. The first-order valence-electron chi connectivity index (χ1n) is 6.66. The minimum Gasteiger partial charge on any atom is -0.383 e. The van der Waals surface area contributed by atoms with Crippen molar-refractivity contribution in [3.63, 3.8) is 0 Å². The molecular formula is C13H17FN4O3S. The highest BCUT2D eigenvalue weighted by Gasteiger charge is 2.13. The van der Waals surface area contributed by atoms with E-state index in [4.69, 9.17) is 4.74 Å². The van der Waals surface area contributed by atoms with Crippen molar-refractivity contribution in [1.29, 1.82) is 0 Å². The van der Waals surface area contributed by atoms with Crippen LogP contribution in [-0.4, -0.2) is 50.2 Å². The van der Waals surface area contributed by atoms with Crippen LogP contribution in [0.3, 0.4) is 0 Å². The molecule has 0 spiro atoms. The minimum absolute atomic E-state index is 0.400. The van der Waals surface area contributed by atoms with E-state index < -0.39 is 15.1 Å². The molecule has 2 rings (SSSR count). The number of aromatic nitrogens is 3. The quantitative estimate of drug-likeness (QED) is 0.567. The third-order valence-electron chi connectivity index (χ3n) is 2.95. The van der Waals surface area contributed by atoms with Crippen LogP contribution in [0, 0.1) is 0 Å². The molecule has 2 aromatic rings. The Morgan fingerprint density at radius 2 is 2.18 bits per heavy atom. The van der Waals surface area contributed by atoms with E-state index in [-0.39, 0.29) is 0 Å². The van der Waals surface area contributed by atoms with Crippen LogP contribution in [0.5, 0.6) is 0 Å². The summed E-state index contributed by atoms with van der Waals surface area (Å²) in [6.07, 6.45) is 2.35. The Hall–Kier alpha value is -1.84. The summed E-state index contributed by atoms with van der Waals surface area (Å²) in [6, 6.07) is 5.49. The zero-order chi connectivity index (χ0) is 16.0. The molecule has 120 valence electrons. The van der Waals surface area contributed by atoms with Gasteiger partial charge in [0.25, 0.3) is 0 Å². The number of rotatable bonds is 8. The fourth-order valence-corrected chi connectivity index (χ4v) is 2.34. The van der Waals surface area contributed by atoms with Gasteiger partial charge in [-0.05, 0) is 18.2 Å². The van der Waals surface area contributed by atoms with Crippen LogP contribution in [0.15, 0.2) is 35.4 Å². The first-order valence-corrected chi connectivity index (χ1v) is 8.05. The van der Waals surface area contributed by atoms with Crippen LogP contribution < -0.4 is 5.32 Å². The summed E-state index contributed by atoms with van der Waals surface area (Å²) >= 11 is 0. The molecule has 1 N–H and O–H groups in total. The van der Waals surface area contributed by atoms with Gasteiger partial charge in [-0.15, -0.1) is 8.98 Å². The predicted molar refractivity (Wildman–Crippen MR) is 78.1 cm³/mol. The number of hydrogen-bond donors (Lipinski definition) is 1. The van der Waals surface area contributed by atoms with Gasteiger partial charge in [0, 0.05) is 26.6 Å². The van der Waals surface area contributed by atoms with Gasteiger partial charge in [0.2, 0.25) is 0 Å². The molecule has 0 saturated heterocycles. The van der Waals surface area contributed by atoms with Gasteiger partial charge in [0.15, 0.2) is 0 Å². The number of nitrogens with one attached hydrogen (secondary N) is 1. The Morgan fingerprint density at radius 3 is 2.91 bits per heavy atom. The lowest BCUT2D eigenvalue weighted by atomic mass is 10.3. The van der Waals surface area contributed by atoms with Crippen molar-refractivity contribution >= 4 is 10.2 Å². The second kappa shape index (κ2) is 7.43. The topological polar surface area (TPSA) is 86.1 Å². The first kappa shape index (κ1) is 16.5. The number of hydrogen-bond acceptors (Lipinski definition) is 6. The highest BCUT2D eigenvalue weighted by molar-refractivity contribution is 7.86. The molecule has 0 aliphatic heterocycles. The third kappa shape index (κ3) is 4.58. The summed E-state index contributed by atoms with van der Waals surface area (Å²) in [5.41, 5.74) is 1.18. The molecule has 1 heterocycles. The average Bonchev–Trinajstić information content (AvgIpc) is 2.95. The van der Waals surface area contributed by atoms with Gasteiger partial charge in [-0.2, -0.15) is 8.42 Å². The lowest BCUT2D eigenvalue weighted by Gasteiger charge is -2.02. The SMILES string of the molecule is COCCNCCc1cn(-c2cccc(S(=O)(=O)F)c2)nn1. The van der Waals surface area contributed by atoms with E-state index in [0.29, 0.717) is 18.7 Å². The molecule has 22 heavy (non-hydrogen) atoms. The molecule has 0 radical (unpaired) electrons. The fourth-order valence-electron chi connectivity index (χ4n) is 1.83. The number of methoxy groups -OCH3 is 1. The van der Waals surface area contributed by atoms with E-state index in [1.807, 2.05) is 0 Å². The number of ether oxygens (including phenoxy) is 1. The number of halogens is 1. The maximum atomic E-state index is 13.0. The monoisotopic (exact) mass is 328 g/mol. The van der Waals surface area contributed by atoms with Crippen LogP contribution in [0.1, 0.15) is 5.69 Å². The maximum absolute atomic E-state index is 13.0. The van der Waals surface area contributed by atoms with E-state index in [1.54, 1.807) is 19.4 Å². The zero-order valence-electron chi connectivity index (χ0n) is 12.1. The Labute approximate surface area is 128 Å². The van der Waals surface area contributed by atoms with Crippen molar-refractivity contribution < 1.29 is 17.0 Å². The van der Waals surface area contributed by atoms with E-state index in [2.05, 4.69) is 15.6 Å². The second-order valence-electron chi connectivity index (χ2n) is 4.58. The van der Waals surface area contributed by atoms with E-state index in [0.717, 1.165) is 18.8 Å². The molecule has 1 aromatic carbocycles. The standard InChI is InChI=1S/C13H17FN4O3S/c1-21-8-7-15-6-5-11-10-18(17-16-11)12-3-2-4-13(9-12)22(14,19)20/h2-4,9-10,15H,5-8H2,1H3. The highest BCUT2D eigenvalue weighted by atomic mass is 32.3. The average molecular weight is 328 g/mol. The van der Waals surface area contributed by atoms with Crippen LogP contribution in [0.25, 0.3) is 5.69 Å². The van der Waals surface area contributed by atoms with E-state index in [9.17, 15) is 12.3 Å². The summed E-state index contributed by atoms with van der Waals surface area (Å²) < 4.78 is 41.2. The van der Waals surface area contributed by atoms with Crippen molar-refractivity contribution in [2.75, 3.05) is 26.8 Å². The normalized spacial score (nSPS) is 11.7. The minimum atomic E-state index is -4.73. The van der Waals surface area contributed by atoms with Gasteiger partial charge < -0.3 is 10.1 Å². The van der Waals surface area contributed by atoms with E-state index >= 15 is 0 Å². The van der Waals surface area contributed by atoms with Crippen molar-refractivity contribution in [1.82, 2.24) is 20.3 Å². The van der Waals surface area contributed by atoms with Crippen LogP contribution in [-0.2, 0) is 21.4 Å². The lowest BCUT2D eigenvalue weighted by molar-refractivity contribution is 0.199. The summed E-state index contributed by atoms with van der Waals surface area (Å²) in [6.45, 7) is 2.11. The molecule has 0 unspecified atom stereocenters. The number of nitrogens with zero attached hydrogens (tertiary/aromatic N) is 3. The largest absolute Gasteiger partial charge is 0.383 e. The van der Waals surface area contributed by atoms with Gasteiger partial charge >= 0.3 is 10.2 Å². The molecule has 0 fully saturated rings. The molecule has 0 aliphatic rings. The highest BCUT2D eigenvalue weighted by Crippen LogP contribution is 2.16. The molecule has 0 atom stereocenters. The lowest BCUT2D eigenvalue weighted by Crippen LogP contribution is -2.21. The molecule has 1 aromatic heterocycles. The summed E-state index contributed by atoms with van der Waals surface area (Å²) in [5.74, 6) is 0. The summed E-state index contributed by atoms with van der Waals surface area (Å²) in [7, 11) is -3.10. The Morgan fingerprint density at radius 1 is 1.36 bits per heavy atom. The van der Waals surface area contributed by atoms with Crippen molar-refractivity contribution in [2.24, 2.45) is 0 Å². The van der Waals surface area contributed by atoms with Crippen LogP contribution in [0.2, 0.25) is 0 Å². The smallest absolute Gasteiger partial charge is 0.332 e. The summed E-state index contributed by atoms with van der Waals surface area (Å²) in [5, 5.41) is 11.1. The van der Waals surface area contributed by atoms with E-state index in [1.165, 1.54) is 22.9 Å². The predicted octanol–water partition coefficient (Wildman–Crippen LogP) is 0.704. The Balaban J connectivity index is 2.02. The first-order chi connectivity index (χ1) is 10.5. The molecule has 7 nitrogen and oxygen atoms in total. The molecule has 9 heteroatoms. The van der Waals surface area contributed by atoms with Gasteiger partial charge in [0.1, 0.15) is 4.90 Å². The van der Waals surface area contributed by atoms with Crippen molar-refractivity contribution in [3.05, 3.63) is 36.2 Å². The van der Waals surface area contributed by atoms with Crippen molar-refractivity contribution in [2.45, 2.75) is 11.3 Å². The van der Waals surface area contributed by atoms with Crippen LogP contribution >= 0.6 is 0 Å². The molecule has 0 saturated carbocycles. The van der Waals surface area contributed by atoms with Gasteiger partial charge in [-0.1, -0.05) is 11.3 Å². The summed E-state index contributed by atoms with van der Waals surface area (Å²) in [4.78, 5) is -0.400. The maximum Gasteiger partial charge on any atom is 0.332 e. The van der Waals surface area contributed by atoms with Crippen molar-refractivity contribution in [3.8, 4) is 5.69 Å². The Bertz CT molecular complexity index is 718. The fraction of sp³-hybridized carbons (Fsp3) is 0.385. The van der Waals surface area contributed by atoms with Crippen LogP contribution in [0.4, 0.5) is 3.89 Å². The molecule has 0 amide bonds. The molecular weight excluding hydrogens is 311 g/mol. The Kier molecular flexibility index (Phi) is 5.58. The molecule has 0 aliphatic carbocycles. The van der Waals surface area contributed by atoms with Gasteiger partial charge in [-0.25, -0.2) is 4.68 Å². The van der Waals surface area contributed by atoms with Gasteiger partial charge in [0.05, 0.1) is 24.2 Å².